The lowest BCUT2D eigenvalue weighted by atomic mass is 9.98. The summed E-state index contributed by atoms with van der Waals surface area (Å²) in [6, 6.07) is 8.76. The maximum absolute atomic E-state index is 12.6. The SMILES string of the molecule is CC(C)c1ccc(-c2cnc(CCC(=O)NC3CCCCCCCCCCC3)o2)cc1. The Morgan fingerprint density at radius 2 is 1.55 bits per heavy atom. The van der Waals surface area contributed by atoms with Gasteiger partial charge >= 0.3 is 0 Å². The summed E-state index contributed by atoms with van der Waals surface area (Å²) in [4.78, 5) is 16.9. The molecule has 0 radical (unpaired) electrons. The second-order valence-corrected chi connectivity index (χ2v) is 9.42. The van der Waals surface area contributed by atoms with Crippen molar-refractivity contribution in [3.63, 3.8) is 0 Å². The van der Waals surface area contributed by atoms with Crippen LogP contribution in [-0.2, 0) is 11.2 Å². The Bertz CT molecular complexity index is 767. The minimum Gasteiger partial charge on any atom is -0.441 e. The van der Waals surface area contributed by atoms with Crippen LogP contribution in [0.25, 0.3) is 11.3 Å². The predicted octanol–water partition coefficient (Wildman–Crippen LogP) is 7.19. The highest BCUT2D eigenvalue weighted by Crippen LogP contribution is 2.24. The van der Waals surface area contributed by atoms with Crippen LogP contribution in [-0.4, -0.2) is 16.9 Å². The number of aromatic nitrogens is 1. The monoisotopic (exact) mass is 424 g/mol. The molecule has 1 N–H and O–H groups in total. The standard InChI is InChI=1S/C27H40N2O2/c1-21(2)22-14-16-23(17-15-22)25-20-28-27(31-25)19-18-26(30)29-24-12-10-8-6-4-3-5-7-9-11-13-24/h14-17,20-21,24H,3-13,18-19H2,1-2H3,(H,29,30). The number of hydrogen-bond acceptors (Lipinski definition) is 3. The van der Waals surface area contributed by atoms with Crippen molar-refractivity contribution in [1.82, 2.24) is 10.3 Å². The van der Waals surface area contributed by atoms with Crippen molar-refractivity contribution in [1.29, 1.82) is 0 Å². The quantitative estimate of drug-likeness (QED) is 0.534. The van der Waals surface area contributed by atoms with E-state index >= 15 is 0 Å². The molecule has 3 rings (SSSR count). The van der Waals surface area contributed by atoms with E-state index in [2.05, 4.69) is 48.4 Å². The van der Waals surface area contributed by atoms with Gasteiger partial charge in [-0.2, -0.15) is 0 Å². The van der Waals surface area contributed by atoms with E-state index in [0.717, 1.165) is 24.2 Å². The summed E-state index contributed by atoms with van der Waals surface area (Å²) >= 11 is 0. The van der Waals surface area contributed by atoms with Gasteiger partial charge in [0, 0.05) is 24.4 Å². The number of hydrogen-bond donors (Lipinski definition) is 1. The topological polar surface area (TPSA) is 55.1 Å². The second-order valence-electron chi connectivity index (χ2n) is 9.42. The molecule has 1 aliphatic rings. The third-order valence-corrected chi connectivity index (χ3v) is 6.45. The van der Waals surface area contributed by atoms with E-state index in [-0.39, 0.29) is 5.91 Å². The minimum atomic E-state index is 0.123. The van der Waals surface area contributed by atoms with Crippen molar-refractivity contribution in [2.24, 2.45) is 0 Å². The molecule has 4 heteroatoms. The molecule has 0 bridgehead atoms. The van der Waals surface area contributed by atoms with Gasteiger partial charge in [-0.15, -0.1) is 0 Å². The van der Waals surface area contributed by atoms with Crippen LogP contribution >= 0.6 is 0 Å². The van der Waals surface area contributed by atoms with Crippen LogP contribution in [0.15, 0.2) is 34.9 Å². The molecule has 4 nitrogen and oxygen atoms in total. The van der Waals surface area contributed by atoms with Crippen molar-refractivity contribution in [2.45, 2.75) is 109 Å². The molecular weight excluding hydrogens is 384 g/mol. The molecule has 1 aliphatic carbocycles. The van der Waals surface area contributed by atoms with Crippen molar-refractivity contribution >= 4 is 5.91 Å². The van der Waals surface area contributed by atoms with Gasteiger partial charge in [-0.3, -0.25) is 4.79 Å². The lowest BCUT2D eigenvalue weighted by Crippen LogP contribution is -2.35. The van der Waals surface area contributed by atoms with Gasteiger partial charge in [0.1, 0.15) is 0 Å². The summed E-state index contributed by atoms with van der Waals surface area (Å²) in [5, 5.41) is 3.29. The molecule has 0 unspecified atom stereocenters. The predicted molar refractivity (Wildman–Crippen MR) is 127 cm³/mol. The van der Waals surface area contributed by atoms with E-state index in [1.807, 2.05) is 0 Å². The van der Waals surface area contributed by atoms with E-state index in [9.17, 15) is 4.79 Å². The number of amides is 1. The number of carbonyl (C=O) groups is 1. The fraction of sp³-hybridized carbons (Fsp3) is 0.630. The van der Waals surface area contributed by atoms with E-state index in [0.29, 0.717) is 30.7 Å². The summed E-state index contributed by atoms with van der Waals surface area (Å²) in [5.41, 5.74) is 2.34. The Morgan fingerprint density at radius 3 is 2.13 bits per heavy atom. The third kappa shape index (κ3) is 8.16. The number of nitrogens with zero attached hydrogens (tertiary/aromatic N) is 1. The van der Waals surface area contributed by atoms with Crippen LogP contribution in [0.1, 0.15) is 108 Å². The molecule has 0 aliphatic heterocycles. The molecule has 1 aromatic heterocycles. The molecule has 1 fully saturated rings. The van der Waals surface area contributed by atoms with Crippen molar-refractivity contribution < 1.29 is 9.21 Å². The first-order valence-electron chi connectivity index (χ1n) is 12.5. The number of aryl methyl sites for hydroxylation is 1. The summed E-state index contributed by atoms with van der Waals surface area (Å²) in [6.07, 6.45) is 16.8. The van der Waals surface area contributed by atoms with Crippen LogP contribution in [0.5, 0.6) is 0 Å². The molecule has 1 saturated carbocycles. The fourth-order valence-electron chi connectivity index (χ4n) is 4.42. The van der Waals surface area contributed by atoms with Gasteiger partial charge in [0.15, 0.2) is 11.7 Å². The van der Waals surface area contributed by atoms with Gasteiger partial charge in [-0.05, 0) is 24.3 Å². The molecule has 31 heavy (non-hydrogen) atoms. The van der Waals surface area contributed by atoms with Gasteiger partial charge in [-0.1, -0.05) is 95.9 Å². The molecule has 0 saturated heterocycles. The summed E-state index contributed by atoms with van der Waals surface area (Å²) in [5.74, 6) is 2.04. The third-order valence-electron chi connectivity index (χ3n) is 6.45. The highest BCUT2D eigenvalue weighted by molar-refractivity contribution is 5.76. The minimum absolute atomic E-state index is 0.123. The molecule has 170 valence electrons. The van der Waals surface area contributed by atoms with Crippen molar-refractivity contribution in [2.75, 3.05) is 0 Å². The van der Waals surface area contributed by atoms with E-state index in [4.69, 9.17) is 4.42 Å². The maximum atomic E-state index is 12.6. The Hall–Kier alpha value is -2.10. The Balaban J connectivity index is 1.46. The number of nitrogens with one attached hydrogen (secondary N) is 1. The first-order chi connectivity index (χ1) is 15.1. The first-order valence-corrected chi connectivity index (χ1v) is 12.5. The second kappa shape index (κ2) is 12.7. The molecule has 1 aromatic carbocycles. The zero-order chi connectivity index (χ0) is 21.9. The van der Waals surface area contributed by atoms with Crippen molar-refractivity contribution in [3.05, 3.63) is 41.9 Å². The van der Waals surface area contributed by atoms with E-state index in [1.54, 1.807) is 6.20 Å². The number of rotatable bonds is 6. The fourth-order valence-corrected chi connectivity index (χ4v) is 4.42. The smallest absolute Gasteiger partial charge is 0.220 e. The van der Waals surface area contributed by atoms with Gasteiger partial charge in [0.2, 0.25) is 5.91 Å². The lowest BCUT2D eigenvalue weighted by molar-refractivity contribution is -0.121. The van der Waals surface area contributed by atoms with Gasteiger partial charge < -0.3 is 9.73 Å². The van der Waals surface area contributed by atoms with Crippen LogP contribution in [0.2, 0.25) is 0 Å². The largest absolute Gasteiger partial charge is 0.441 e. The molecule has 0 atom stereocenters. The maximum Gasteiger partial charge on any atom is 0.220 e. The van der Waals surface area contributed by atoms with Crippen LogP contribution in [0, 0.1) is 0 Å². The molecule has 0 spiro atoms. The Labute approximate surface area is 188 Å². The van der Waals surface area contributed by atoms with Gasteiger partial charge in [-0.25, -0.2) is 4.98 Å². The van der Waals surface area contributed by atoms with E-state index in [1.165, 1.54) is 63.4 Å². The van der Waals surface area contributed by atoms with E-state index < -0.39 is 0 Å². The average Bonchev–Trinajstić information content (AvgIpc) is 3.23. The highest BCUT2D eigenvalue weighted by atomic mass is 16.4. The molecule has 1 amide bonds. The van der Waals surface area contributed by atoms with Crippen LogP contribution in [0.4, 0.5) is 0 Å². The Morgan fingerprint density at radius 1 is 0.968 bits per heavy atom. The average molecular weight is 425 g/mol. The number of oxazole rings is 1. The van der Waals surface area contributed by atoms with Gasteiger partial charge in [0.25, 0.3) is 0 Å². The molecular formula is C27H40N2O2. The van der Waals surface area contributed by atoms with Gasteiger partial charge in [0.05, 0.1) is 6.20 Å². The van der Waals surface area contributed by atoms with Crippen LogP contribution in [0.3, 0.4) is 0 Å². The number of benzene rings is 1. The zero-order valence-electron chi connectivity index (χ0n) is 19.5. The normalized spacial score (nSPS) is 17.1. The number of carbonyl (C=O) groups excluding carboxylic acids is 1. The van der Waals surface area contributed by atoms with Crippen molar-refractivity contribution in [3.8, 4) is 11.3 Å². The Kier molecular flexibility index (Phi) is 9.64. The zero-order valence-corrected chi connectivity index (χ0v) is 19.5. The van der Waals surface area contributed by atoms with Crippen LogP contribution < -0.4 is 5.32 Å². The molecule has 1 heterocycles. The molecule has 2 aromatic rings. The summed E-state index contributed by atoms with van der Waals surface area (Å²) < 4.78 is 5.91. The summed E-state index contributed by atoms with van der Waals surface area (Å²) in [6.45, 7) is 4.38. The highest BCUT2D eigenvalue weighted by Gasteiger charge is 2.14. The summed E-state index contributed by atoms with van der Waals surface area (Å²) in [7, 11) is 0. The first kappa shape index (κ1) is 23.6. The lowest BCUT2D eigenvalue weighted by Gasteiger charge is -2.19.